The van der Waals surface area contributed by atoms with Gasteiger partial charge in [0, 0.05) is 4.90 Å². The monoisotopic (exact) mass is 332 g/mol. The van der Waals surface area contributed by atoms with Crippen LogP contribution in [0.2, 0.25) is 0 Å². The molecule has 23 heavy (non-hydrogen) atoms. The molecule has 5 heteroatoms. The maximum Gasteiger partial charge on any atom is 0.320 e. The third kappa shape index (κ3) is 6.10. The second-order valence-corrected chi connectivity index (χ2v) is 8.28. The summed E-state index contributed by atoms with van der Waals surface area (Å²) in [6.45, 7) is 11.9. The smallest absolute Gasteiger partial charge is 0.320 e. The molecule has 4 nitrogen and oxygen atoms in total. The molecule has 0 radical (unpaired) electrons. The molecule has 2 rings (SSSR count). The van der Waals surface area contributed by atoms with E-state index in [9.17, 15) is 0 Å². The lowest BCUT2D eigenvalue weighted by atomic mass is 10.2. The molecule has 0 bridgehead atoms. The third-order valence-corrected chi connectivity index (χ3v) is 3.48. The Bertz CT molecular complexity index is 646. The van der Waals surface area contributed by atoms with E-state index in [0.717, 1.165) is 9.79 Å². The summed E-state index contributed by atoms with van der Waals surface area (Å²) in [6.07, 6.45) is 1.76. The van der Waals surface area contributed by atoms with Gasteiger partial charge in [-0.25, -0.2) is 4.98 Å². The molecule has 0 aliphatic rings. The standard InChI is InChI=1S/C18H24N2O2S/c1-17(2,3)21-15-14(23-13-10-8-7-9-11-13)12-19-16(20-15)22-18(4,5)6/h7-12H,1-6H3. The largest absolute Gasteiger partial charge is 0.471 e. The number of aromatic nitrogens is 2. The average molecular weight is 332 g/mol. The van der Waals surface area contributed by atoms with Gasteiger partial charge in [-0.15, -0.1) is 0 Å². The van der Waals surface area contributed by atoms with Crippen molar-refractivity contribution in [3.63, 3.8) is 0 Å². The zero-order valence-corrected chi connectivity index (χ0v) is 15.4. The van der Waals surface area contributed by atoms with Gasteiger partial charge in [0.05, 0.1) is 11.1 Å². The van der Waals surface area contributed by atoms with Crippen LogP contribution in [0.1, 0.15) is 41.5 Å². The Morgan fingerprint density at radius 1 is 0.870 bits per heavy atom. The summed E-state index contributed by atoms with van der Waals surface area (Å²) >= 11 is 1.58. The summed E-state index contributed by atoms with van der Waals surface area (Å²) in [5.74, 6) is 0.542. The summed E-state index contributed by atoms with van der Waals surface area (Å²) in [6, 6.07) is 10.4. The average Bonchev–Trinajstić information content (AvgIpc) is 2.39. The van der Waals surface area contributed by atoms with Crippen molar-refractivity contribution in [1.29, 1.82) is 0 Å². The van der Waals surface area contributed by atoms with Crippen LogP contribution in [0.3, 0.4) is 0 Å². The van der Waals surface area contributed by atoms with E-state index in [1.165, 1.54) is 0 Å². The molecular formula is C18H24N2O2S. The van der Waals surface area contributed by atoms with Crippen LogP contribution in [0.25, 0.3) is 0 Å². The molecule has 0 saturated carbocycles. The minimum atomic E-state index is -0.354. The fourth-order valence-corrected chi connectivity index (χ4v) is 2.54. The molecule has 0 atom stereocenters. The van der Waals surface area contributed by atoms with Crippen LogP contribution < -0.4 is 9.47 Å². The molecule has 0 aliphatic heterocycles. The number of hydrogen-bond acceptors (Lipinski definition) is 5. The number of benzene rings is 1. The zero-order valence-electron chi connectivity index (χ0n) is 14.6. The first-order valence-corrected chi connectivity index (χ1v) is 8.42. The lowest BCUT2D eigenvalue weighted by molar-refractivity contribution is 0.1000. The molecule has 2 aromatic rings. The van der Waals surface area contributed by atoms with E-state index in [-0.39, 0.29) is 11.2 Å². The van der Waals surface area contributed by atoms with Gasteiger partial charge in [0.1, 0.15) is 11.2 Å². The molecule has 0 aliphatic carbocycles. The fraction of sp³-hybridized carbons (Fsp3) is 0.444. The van der Waals surface area contributed by atoms with Gasteiger partial charge in [-0.2, -0.15) is 4.98 Å². The van der Waals surface area contributed by atoms with E-state index in [4.69, 9.17) is 9.47 Å². The Morgan fingerprint density at radius 2 is 1.48 bits per heavy atom. The van der Waals surface area contributed by atoms with Crippen molar-refractivity contribution < 1.29 is 9.47 Å². The number of nitrogens with zero attached hydrogens (tertiary/aromatic N) is 2. The minimum absolute atomic E-state index is 0.328. The third-order valence-electron chi connectivity index (χ3n) is 2.47. The Morgan fingerprint density at radius 3 is 2.04 bits per heavy atom. The van der Waals surface area contributed by atoms with Crippen molar-refractivity contribution in [3.05, 3.63) is 36.5 Å². The Kier molecular flexibility index (Phi) is 5.19. The molecule has 0 saturated heterocycles. The SMILES string of the molecule is CC(C)(C)Oc1ncc(Sc2ccccc2)c(OC(C)(C)C)n1. The van der Waals surface area contributed by atoms with Crippen LogP contribution in [-0.4, -0.2) is 21.2 Å². The quantitative estimate of drug-likeness (QED) is 0.790. The van der Waals surface area contributed by atoms with Gasteiger partial charge in [-0.05, 0) is 53.7 Å². The van der Waals surface area contributed by atoms with Gasteiger partial charge >= 0.3 is 6.01 Å². The van der Waals surface area contributed by atoms with Crippen LogP contribution in [0.4, 0.5) is 0 Å². The summed E-state index contributed by atoms with van der Waals surface area (Å²) < 4.78 is 11.8. The maximum atomic E-state index is 6.01. The Hall–Kier alpha value is -1.75. The van der Waals surface area contributed by atoms with Gasteiger partial charge in [0.2, 0.25) is 5.88 Å². The highest BCUT2D eigenvalue weighted by Crippen LogP contribution is 2.35. The molecule has 0 unspecified atom stereocenters. The molecule has 0 spiro atoms. The van der Waals surface area contributed by atoms with E-state index >= 15 is 0 Å². The normalized spacial score (nSPS) is 12.1. The van der Waals surface area contributed by atoms with Crippen molar-refractivity contribution in [2.45, 2.75) is 62.5 Å². The van der Waals surface area contributed by atoms with Crippen LogP contribution in [-0.2, 0) is 0 Å². The number of hydrogen-bond donors (Lipinski definition) is 0. The molecule has 1 aromatic carbocycles. The second kappa shape index (κ2) is 6.79. The predicted octanol–water partition coefficient (Wildman–Crippen LogP) is 4.98. The van der Waals surface area contributed by atoms with Crippen LogP contribution in [0.15, 0.2) is 46.3 Å². The summed E-state index contributed by atoms with van der Waals surface area (Å²) in [5.41, 5.74) is -0.702. The highest BCUT2D eigenvalue weighted by molar-refractivity contribution is 7.99. The van der Waals surface area contributed by atoms with Crippen molar-refractivity contribution in [3.8, 4) is 11.9 Å². The van der Waals surface area contributed by atoms with Crippen molar-refractivity contribution in [1.82, 2.24) is 9.97 Å². The molecule has 0 fully saturated rings. The van der Waals surface area contributed by atoms with Gasteiger partial charge < -0.3 is 9.47 Å². The highest BCUT2D eigenvalue weighted by Gasteiger charge is 2.20. The van der Waals surface area contributed by atoms with Gasteiger partial charge in [-0.3, -0.25) is 0 Å². The van der Waals surface area contributed by atoms with Crippen LogP contribution >= 0.6 is 11.8 Å². The Labute approximate surface area is 142 Å². The van der Waals surface area contributed by atoms with E-state index in [1.807, 2.05) is 71.9 Å². The summed E-state index contributed by atoms with van der Waals surface area (Å²) in [5, 5.41) is 0. The molecule has 0 N–H and O–H groups in total. The summed E-state index contributed by atoms with van der Waals surface area (Å²) in [4.78, 5) is 10.8. The van der Waals surface area contributed by atoms with Crippen LogP contribution in [0, 0.1) is 0 Å². The summed E-state index contributed by atoms with van der Waals surface area (Å²) in [7, 11) is 0. The van der Waals surface area contributed by atoms with E-state index in [1.54, 1.807) is 18.0 Å². The van der Waals surface area contributed by atoms with E-state index in [2.05, 4.69) is 9.97 Å². The maximum absolute atomic E-state index is 6.01. The van der Waals surface area contributed by atoms with E-state index < -0.39 is 0 Å². The molecular weight excluding hydrogens is 308 g/mol. The minimum Gasteiger partial charge on any atom is -0.471 e. The van der Waals surface area contributed by atoms with Crippen LogP contribution in [0.5, 0.6) is 11.9 Å². The molecule has 0 amide bonds. The predicted molar refractivity (Wildman–Crippen MR) is 93.4 cm³/mol. The lowest BCUT2D eigenvalue weighted by Gasteiger charge is -2.24. The first-order valence-electron chi connectivity index (χ1n) is 7.60. The van der Waals surface area contributed by atoms with E-state index in [0.29, 0.717) is 11.9 Å². The molecule has 1 aromatic heterocycles. The Balaban J connectivity index is 2.32. The number of ether oxygens (including phenoxy) is 2. The van der Waals surface area contributed by atoms with Crippen molar-refractivity contribution in [2.75, 3.05) is 0 Å². The topological polar surface area (TPSA) is 44.2 Å². The lowest BCUT2D eigenvalue weighted by Crippen LogP contribution is -2.26. The first-order chi connectivity index (χ1) is 10.6. The highest BCUT2D eigenvalue weighted by atomic mass is 32.2. The van der Waals surface area contributed by atoms with Gasteiger partial charge in [-0.1, -0.05) is 30.0 Å². The molecule has 124 valence electrons. The second-order valence-electron chi connectivity index (χ2n) is 7.17. The van der Waals surface area contributed by atoms with Crippen molar-refractivity contribution in [2.24, 2.45) is 0 Å². The van der Waals surface area contributed by atoms with Crippen molar-refractivity contribution >= 4 is 11.8 Å². The van der Waals surface area contributed by atoms with Gasteiger partial charge in [0.15, 0.2) is 0 Å². The molecule has 1 heterocycles. The first kappa shape index (κ1) is 17.6. The van der Waals surface area contributed by atoms with Gasteiger partial charge in [0.25, 0.3) is 0 Å². The zero-order chi connectivity index (χ0) is 17.1. The fourth-order valence-electron chi connectivity index (χ4n) is 1.71. The number of rotatable bonds is 4.